The van der Waals surface area contributed by atoms with E-state index in [0.717, 1.165) is 17.8 Å². The van der Waals surface area contributed by atoms with Crippen molar-refractivity contribution in [3.63, 3.8) is 0 Å². The first-order valence-corrected chi connectivity index (χ1v) is 3.91. The van der Waals surface area contributed by atoms with Crippen molar-refractivity contribution in [3.05, 3.63) is 0 Å². The molecule has 1 aliphatic carbocycles. The summed E-state index contributed by atoms with van der Waals surface area (Å²) in [5, 5.41) is 0. The van der Waals surface area contributed by atoms with Gasteiger partial charge in [-0.1, -0.05) is 0 Å². The zero-order valence-electron chi connectivity index (χ0n) is 6.50. The monoisotopic (exact) mass is 150 g/mol. The van der Waals surface area contributed by atoms with Gasteiger partial charge in [0.05, 0.1) is 17.8 Å². The molecule has 0 aromatic carbocycles. The second-order valence-corrected chi connectivity index (χ2v) is 3.00. The topological polar surface area (TPSA) is 41.8 Å². The Kier molecular flexibility index (Phi) is 1.37. The summed E-state index contributed by atoms with van der Waals surface area (Å²) in [4.78, 5) is 19.5. The van der Waals surface area contributed by atoms with Crippen LogP contribution in [0.1, 0.15) is 26.2 Å². The number of rotatable bonds is 0. The highest BCUT2D eigenvalue weighted by Crippen LogP contribution is 2.17. The van der Waals surface area contributed by atoms with E-state index in [1.165, 1.54) is 0 Å². The molecular formula is C8H10N2O. The van der Waals surface area contributed by atoms with Gasteiger partial charge in [-0.3, -0.25) is 14.8 Å². The van der Waals surface area contributed by atoms with Crippen molar-refractivity contribution in [2.45, 2.75) is 32.4 Å². The zero-order chi connectivity index (χ0) is 7.84. The van der Waals surface area contributed by atoms with Gasteiger partial charge in [-0.05, 0) is 13.3 Å². The number of nitrogens with zero attached hydrogens (tertiary/aromatic N) is 2. The number of carbonyl (C=O) groups is 1. The molecule has 1 aliphatic heterocycles. The fraction of sp³-hybridized carbons (Fsp3) is 0.625. The van der Waals surface area contributed by atoms with Gasteiger partial charge in [0.15, 0.2) is 0 Å². The zero-order valence-corrected chi connectivity index (χ0v) is 6.50. The van der Waals surface area contributed by atoms with Crippen LogP contribution in [-0.4, -0.2) is 23.4 Å². The highest BCUT2D eigenvalue weighted by Gasteiger charge is 2.25. The van der Waals surface area contributed by atoms with E-state index in [4.69, 9.17) is 0 Å². The van der Waals surface area contributed by atoms with E-state index in [1.807, 2.05) is 6.92 Å². The van der Waals surface area contributed by atoms with Crippen LogP contribution in [0.5, 0.6) is 0 Å². The molecule has 0 spiro atoms. The van der Waals surface area contributed by atoms with Gasteiger partial charge < -0.3 is 0 Å². The van der Waals surface area contributed by atoms with E-state index in [1.54, 1.807) is 0 Å². The van der Waals surface area contributed by atoms with Crippen LogP contribution in [0.2, 0.25) is 0 Å². The van der Waals surface area contributed by atoms with Crippen LogP contribution in [0.3, 0.4) is 0 Å². The van der Waals surface area contributed by atoms with E-state index >= 15 is 0 Å². The smallest absolute Gasteiger partial charge is 0.139 e. The molecule has 3 heteroatoms. The van der Waals surface area contributed by atoms with E-state index in [9.17, 15) is 4.79 Å². The van der Waals surface area contributed by atoms with Crippen LogP contribution in [-0.2, 0) is 4.79 Å². The van der Waals surface area contributed by atoms with Crippen molar-refractivity contribution in [3.8, 4) is 0 Å². The standard InChI is InChI=1S/C8H10N2O/c1-5-9-7-3-2-6(11)4-8(7)10-5/h5H,2-4H2,1H3. The molecule has 0 bridgehead atoms. The summed E-state index contributed by atoms with van der Waals surface area (Å²) >= 11 is 0. The van der Waals surface area contributed by atoms with Gasteiger partial charge in [0.25, 0.3) is 0 Å². The molecule has 1 fully saturated rings. The molecule has 0 amide bonds. The number of carbonyl (C=O) groups excluding carboxylic acids is 1. The van der Waals surface area contributed by atoms with Crippen molar-refractivity contribution in [1.82, 2.24) is 0 Å². The van der Waals surface area contributed by atoms with Gasteiger partial charge in [-0.2, -0.15) is 0 Å². The van der Waals surface area contributed by atoms with Gasteiger partial charge in [-0.15, -0.1) is 0 Å². The van der Waals surface area contributed by atoms with Gasteiger partial charge in [0.2, 0.25) is 0 Å². The molecule has 1 atom stereocenters. The summed E-state index contributed by atoms with van der Waals surface area (Å²) < 4.78 is 0. The maximum atomic E-state index is 11.0. The second kappa shape index (κ2) is 2.26. The molecule has 1 heterocycles. The largest absolute Gasteiger partial charge is 0.299 e. The predicted molar refractivity (Wildman–Crippen MR) is 43.2 cm³/mol. The number of hydrogen-bond acceptors (Lipinski definition) is 3. The van der Waals surface area contributed by atoms with Crippen LogP contribution in [0.25, 0.3) is 0 Å². The third-order valence-electron chi connectivity index (χ3n) is 2.02. The molecule has 11 heavy (non-hydrogen) atoms. The van der Waals surface area contributed by atoms with Crippen molar-refractivity contribution in [1.29, 1.82) is 0 Å². The van der Waals surface area contributed by atoms with E-state index in [2.05, 4.69) is 9.98 Å². The van der Waals surface area contributed by atoms with Crippen LogP contribution in [0.15, 0.2) is 9.98 Å². The average molecular weight is 150 g/mol. The number of aliphatic imine (C=N–C) groups is 2. The van der Waals surface area contributed by atoms with Gasteiger partial charge in [-0.25, -0.2) is 0 Å². The molecule has 0 aromatic rings. The van der Waals surface area contributed by atoms with Gasteiger partial charge in [0.1, 0.15) is 11.9 Å². The average Bonchev–Trinajstić information content (AvgIpc) is 2.27. The Bertz CT molecular complexity index is 265. The molecular weight excluding hydrogens is 140 g/mol. The minimum Gasteiger partial charge on any atom is -0.299 e. The van der Waals surface area contributed by atoms with Crippen LogP contribution < -0.4 is 0 Å². The highest BCUT2D eigenvalue weighted by molar-refractivity contribution is 6.47. The Hall–Kier alpha value is -0.990. The van der Waals surface area contributed by atoms with Crippen LogP contribution >= 0.6 is 0 Å². The van der Waals surface area contributed by atoms with E-state index < -0.39 is 0 Å². The van der Waals surface area contributed by atoms with Crippen molar-refractivity contribution in [2.75, 3.05) is 0 Å². The third-order valence-corrected chi connectivity index (χ3v) is 2.02. The first-order valence-electron chi connectivity index (χ1n) is 3.91. The molecule has 2 aliphatic rings. The third kappa shape index (κ3) is 1.11. The molecule has 1 unspecified atom stereocenters. The minimum atomic E-state index is 0.0610. The summed E-state index contributed by atoms with van der Waals surface area (Å²) in [6.07, 6.45) is 2.04. The van der Waals surface area contributed by atoms with E-state index in [-0.39, 0.29) is 6.17 Å². The highest BCUT2D eigenvalue weighted by atomic mass is 16.1. The van der Waals surface area contributed by atoms with Gasteiger partial charge >= 0.3 is 0 Å². The lowest BCUT2D eigenvalue weighted by atomic mass is 9.96. The SMILES string of the molecule is CC1N=C2CCC(=O)CC2=N1. The maximum Gasteiger partial charge on any atom is 0.139 e. The molecule has 0 aromatic heterocycles. The Labute approximate surface area is 65.2 Å². The van der Waals surface area contributed by atoms with Crippen LogP contribution in [0.4, 0.5) is 0 Å². The van der Waals surface area contributed by atoms with E-state index in [0.29, 0.717) is 18.6 Å². The summed E-state index contributed by atoms with van der Waals surface area (Å²) in [5.74, 6) is 0.303. The van der Waals surface area contributed by atoms with Crippen molar-refractivity contribution < 1.29 is 4.79 Å². The van der Waals surface area contributed by atoms with Crippen molar-refractivity contribution in [2.24, 2.45) is 9.98 Å². The maximum absolute atomic E-state index is 11.0. The molecule has 0 N–H and O–H groups in total. The Morgan fingerprint density at radius 1 is 1.27 bits per heavy atom. The molecule has 2 rings (SSSR count). The minimum absolute atomic E-state index is 0.0610. The lowest BCUT2D eigenvalue weighted by Crippen LogP contribution is -2.22. The first-order chi connectivity index (χ1) is 5.25. The summed E-state index contributed by atoms with van der Waals surface area (Å²) in [5.41, 5.74) is 2.01. The quantitative estimate of drug-likeness (QED) is 0.507. The lowest BCUT2D eigenvalue weighted by Gasteiger charge is -2.09. The summed E-state index contributed by atoms with van der Waals surface area (Å²) in [7, 11) is 0. The Morgan fingerprint density at radius 3 is 2.82 bits per heavy atom. The van der Waals surface area contributed by atoms with Crippen LogP contribution in [0, 0.1) is 0 Å². The summed E-state index contributed by atoms with van der Waals surface area (Å²) in [6.45, 7) is 1.95. The molecule has 3 nitrogen and oxygen atoms in total. The predicted octanol–water partition coefficient (Wildman–Crippen LogP) is 0.981. The molecule has 0 saturated heterocycles. The number of ketones is 1. The number of hydrogen-bond donors (Lipinski definition) is 0. The Morgan fingerprint density at radius 2 is 2.00 bits per heavy atom. The fourth-order valence-electron chi connectivity index (χ4n) is 1.52. The number of Topliss-reactive ketones (excluding diaryl/α,β-unsaturated/α-hetero) is 1. The Balaban J connectivity index is 2.26. The van der Waals surface area contributed by atoms with Gasteiger partial charge in [0, 0.05) is 6.42 Å². The summed E-state index contributed by atoms with van der Waals surface area (Å²) in [6, 6.07) is 0. The van der Waals surface area contributed by atoms with Crippen molar-refractivity contribution >= 4 is 17.2 Å². The number of fused-ring (bicyclic) bond motifs is 1. The molecule has 0 radical (unpaired) electrons. The lowest BCUT2D eigenvalue weighted by molar-refractivity contribution is -0.117. The molecule has 58 valence electrons. The molecule has 1 saturated carbocycles. The first kappa shape index (κ1) is 6.70. The second-order valence-electron chi connectivity index (χ2n) is 3.00. The normalized spacial score (nSPS) is 29.5. The fourth-order valence-corrected chi connectivity index (χ4v) is 1.52.